The lowest BCUT2D eigenvalue weighted by atomic mass is 10.1. The molecule has 1 saturated heterocycles. The van der Waals surface area contributed by atoms with E-state index in [1.54, 1.807) is 6.07 Å². The number of rotatable bonds is 6. The zero-order chi connectivity index (χ0) is 22.8. The molecule has 8 nitrogen and oxygen atoms in total. The Kier molecular flexibility index (Phi) is 6.05. The quantitative estimate of drug-likeness (QED) is 0.552. The maximum Gasteiger partial charge on any atom is 0.338 e. The Morgan fingerprint density at radius 2 is 1.88 bits per heavy atom. The number of ether oxygens (including phenoxy) is 2. The van der Waals surface area contributed by atoms with E-state index in [1.807, 2.05) is 26.0 Å². The van der Waals surface area contributed by atoms with Gasteiger partial charge in [0.15, 0.2) is 6.61 Å². The summed E-state index contributed by atoms with van der Waals surface area (Å²) in [4.78, 5) is 51.3. The standard InChI is InChI=1S/C24H24N2O6/c1-14-5-6-15(2)20(10-14)26-22(28)18-8-7-16(11-19(18)23(26)29)24(30)32-13-21(27)25-12-17-4-3-9-31-17/h5-8,10-11,17H,3-4,9,12-13H2,1-2H3,(H,25,27)/t17-/m0/s1. The highest BCUT2D eigenvalue weighted by atomic mass is 16.5. The number of aryl methyl sites for hydroxylation is 2. The number of hydrogen-bond acceptors (Lipinski definition) is 6. The number of nitrogens with one attached hydrogen (secondary N) is 1. The minimum Gasteiger partial charge on any atom is -0.452 e. The molecule has 2 aromatic rings. The topological polar surface area (TPSA) is 102 Å². The van der Waals surface area contributed by atoms with Gasteiger partial charge in [-0.25, -0.2) is 9.69 Å². The molecule has 0 saturated carbocycles. The van der Waals surface area contributed by atoms with Crippen LogP contribution in [-0.4, -0.2) is 49.6 Å². The Labute approximate surface area is 185 Å². The van der Waals surface area contributed by atoms with Crippen LogP contribution in [0.2, 0.25) is 0 Å². The molecule has 0 bridgehead atoms. The number of carbonyl (C=O) groups excluding carboxylic acids is 4. The maximum atomic E-state index is 13.0. The fourth-order valence-electron chi connectivity index (χ4n) is 3.85. The van der Waals surface area contributed by atoms with Crippen molar-refractivity contribution in [3.05, 3.63) is 64.2 Å². The number of benzene rings is 2. The first-order chi connectivity index (χ1) is 15.3. The minimum atomic E-state index is -0.745. The van der Waals surface area contributed by atoms with Gasteiger partial charge in [-0.15, -0.1) is 0 Å². The van der Waals surface area contributed by atoms with Crippen LogP contribution in [-0.2, 0) is 14.3 Å². The molecule has 1 atom stereocenters. The van der Waals surface area contributed by atoms with Gasteiger partial charge < -0.3 is 14.8 Å². The number of hydrogen-bond donors (Lipinski definition) is 1. The lowest BCUT2D eigenvalue weighted by molar-refractivity contribution is -0.124. The van der Waals surface area contributed by atoms with E-state index in [1.165, 1.54) is 18.2 Å². The molecule has 166 valence electrons. The lowest BCUT2D eigenvalue weighted by Crippen LogP contribution is -2.34. The van der Waals surface area contributed by atoms with Gasteiger partial charge in [-0.1, -0.05) is 12.1 Å². The van der Waals surface area contributed by atoms with Gasteiger partial charge in [0.25, 0.3) is 17.7 Å². The first-order valence-electron chi connectivity index (χ1n) is 10.5. The van der Waals surface area contributed by atoms with Crippen molar-refractivity contribution < 1.29 is 28.7 Å². The van der Waals surface area contributed by atoms with Crippen molar-refractivity contribution in [3.63, 3.8) is 0 Å². The first-order valence-corrected chi connectivity index (χ1v) is 10.5. The third-order valence-corrected chi connectivity index (χ3v) is 5.61. The van der Waals surface area contributed by atoms with E-state index in [2.05, 4.69) is 5.32 Å². The number of esters is 1. The predicted octanol–water partition coefficient (Wildman–Crippen LogP) is 2.56. The molecule has 2 aliphatic heterocycles. The molecule has 1 N–H and O–H groups in total. The number of carbonyl (C=O) groups is 4. The summed E-state index contributed by atoms with van der Waals surface area (Å²) in [5.74, 6) is -2.11. The van der Waals surface area contributed by atoms with Gasteiger partial charge in [-0.2, -0.15) is 0 Å². The van der Waals surface area contributed by atoms with E-state index in [-0.39, 0.29) is 22.8 Å². The molecule has 8 heteroatoms. The van der Waals surface area contributed by atoms with E-state index < -0.39 is 30.3 Å². The second-order valence-electron chi connectivity index (χ2n) is 8.01. The molecule has 2 aliphatic rings. The number of anilines is 1. The van der Waals surface area contributed by atoms with Gasteiger partial charge in [-0.05, 0) is 62.1 Å². The zero-order valence-electron chi connectivity index (χ0n) is 18.0. The van der Waals surface area contributed by atoms with Crippen molar-refractivity contribution in [2.24, 2.45) is 0 Å². The van der Waals surface area contributed by atoms with Gasteiger partial charge in [0.2, 0.25) is 0 Å². The minimum absolute atomic E-state index is 0.00473. The lowest BCUT2D eigenvalue weighted by Gasteiger charge is -2.17. The predicted molar refractivity (Wildman–Crippen MR) is 116 cm³/mol. The molecular weight excluding hydrogens is 412 g/mol. The van der Waals surface area contributed by atoms with Gasteiger partial charge in [0, 0.05) is 13.2 Å². The summed E-state index contributed by atoms with van der Waals surface area (Å²) in [6, 6.07) is 9.73. The van der Waals surface area contributed by atoms with Crippen molar-refractivity contribution in [3.8, 4) is 0 Å². The highest BCUT2D eigenvalue weighted by molar-refractivity contribution is 6.35. The third kappa shape index (κ3) is 4.27. The van der Waals surface area contributed by atoms with Crippen LogP contribution >= 0.6 is 0 Å². The SMILES string of the molecule is Cc1ccc(C)c(N2C(=O)c3ccc(C(=O)OCC(=O)NC[C@@H]4CCCO4)cc3C2=O)c1. The van der Waals surface area contributed by atoms with Crippen molar-refractivity contribution in [2.45, 2.75) is 32.8 Å². The van der Waals surface area contributed by atoms with Crippen molar-refractivity contribution >= 4 is 29.4 Å². The van der Waals surface area contributed by atoms with Gasteiger partial charge in [0.1, 0.15) is 0 Å². The van der Waals surface area contributed by atoms with E-state index in [0.29, 0.717) is 18.8 Å². The van der Waals surface area contributed by atoms with Crippen LogP contribution in [0.1, 0.15) is 55.0 Å². The second kappa shape index (κ2) is 8.92. The number of imide groups is 1. The van der Waals surface area contributed by atoms with E-state index in [0.717, 1.165) is 28.9 Å². The summed E-state index contributed by atoms with van der Waals surface area (Å²) in [6.07, 6.45) is 1.85. The van der Waals surface area contributed by atoms with Crippen LogP contribution in [0.5, 0.6) is 0 Å². The summed E-state index contributed by atoms with van der Waals surface area (Å²) in [6.45, 7) is 4.33. The Morgan fingerprint density at radius 1 is 1.09 bits per heavy atom. The fourth-order valence-corrected chi connectivity index (χ4v) is 3.85. The van der Waals surface area contributed by atoms with E-state index >= 15 is 0 Å². The molecule has 2 heterocycles. The highest BCUT2D eigenvalue weighted by Crippen LogP contribution is 2.31. The van der Waals surface area contributed by atoms with Crippen molar-refractivity contribution in [1.82, 2.24) is 5.32 Å². The number of nitrogens with zero attached hydrogens (tertiary/aromatic N) is 1. The number of fused-ring (bicyclic) bond motifs is 1. The van der Waals surface area contributed by atoms with Crippen LogP contribution in [0.25, 0.3) is 0 Å². The first kappa shape index (κ1) is 21.7. The van der Waals surface area contributed by atoms with E-state index in [9.17, 15) is 19.2 Å². The zero-order valence-corrected chi connectivity index (χ0v) is 18.0. The monoisotopic (exact) mass is 436 g/mol. The van der Waals surface area contributed by atoms with Crippen LogP contribution in [0.3, 0.4) is 0 Å². The Morgan fingerprint density at radius 3 is 2.62 bits per heavy atom. The molecule has 32 heavy (non-hydrogen) atoms. The normalized spacial score (nSPS) is 17.4. The molecule has 0 aromatic heterocycles. The van der Waals surface area contributed by atoms with Gasteiger partial charge in [-0.3, -0.25) is 14.4 Å². The Hall–Kier alpha value is -3.52. The third-order valence-electron chi connectivity index (χ3n) is 5.61. The molecule has 2 aromatic carbocycles. The molecule has 1 fully saturated rings. The summed E-state index contributed by atoms with van der Waals surface area (Å²) < 4.78 is 10.5. The van der Waals surface area contributed by atoms with Gasteiger partial charge in [0.05, 0.1) is 28.5 Å². The molecule has 0 aliphatic carbocycles. The second-order valence-corrected chi connectivity index (χ2v) is 8.01. The summed E-state index contributed by atoms with van der Waals surface area (Å²) in [5.41, 5.74) is 2.68. The summed E-state index contributed by atoms with van der Waals surface area (Å²) in [7, 11) is 0. The highest BCUT2D eigenvalue weighted by Gasteiger charge is 2.38. The molecule has 0 unspecified atom stereocenters. The molecular formula is C24H24N2O6. The largest absolute Gasteiger partial charge is 0.452 e. The summed E-state index contributed by atoms with van der Waals surface area (Å²) in [5, 5.41) is 2.67. The van der Waals surface area contributed by atoms with E-state index in [4.69, 9.17) is 9.47 Å². The Balaban J connectivity index is 1.43. The molecule has 4 rings (SSSR count). The Bertz CT molecular complexity index is 1100. The smallest absolute Gasteiger partial charge is 0.338 e. The number of amides is 3. The average molecular weight is 436 g/mol. The molecule has 0 radical (unpaired) electrons. The van der Waals surface area contributed by atoms with Crippen LogP contribution in [0, 0.1) is 13.8 Å². The van der Waals surface area contributed by atoms with Crippen LogP contribution < -0.4 is 10.2 Å². The molecule has 3 amide bonds. The van der Waals surface area contributed by atoms with Crippen molar-refractivity contribution in [2.75, 3.05) is 24.7 Å². The molecule has 0 spiro atoms. The van der Waals surface area contributed by atoms with Crippen LogP contribution in [0.4, 0.5) is 5.69 Å². The van der Waals surface area contributed by atoms with Crippen molar-refractivity contribution in [1.29, 1.82) is 0 Å². The summed E-state index contributed by atoms with van der Waals surface area (Å²) >= 11 is 0. The maximum absolute atomic E-state index is 13.0. The fraction of sp³-hybridized carbons (Fsp3) is 0.333. The van der Waals surface area contributed by atoms with Crippen LogP contribution in [0.15, 0.2) is 36.4 Å². The average Bonchev–Trinajstić information content (AvgIpc) is 3.39. The van der Waals surface area contributed by atoms with Gasteiger partial charge >= 0.3 is 5.97 Å².